The second-order valence-corrected chi connectivity index (χ2v) is 6.77. The summed E-state index contributed by atoms with van der Waals surface area (Å²) in [6.45, 7) is 2.81. The molecule has 1 aromatic heterocycles. The summed E-state index contributed by atoms with van der Waals surface area (Å²) in [6, 6.07) is 3.48. The quantitative estimate of drug-likeness (QED) is 0.901. The summed E-state index contributed by atoms with van der Waals surface area (Å²) in [5, 5.41) is 11.9. The van der Waals surface area contributed by atoms with E-state index in [2.05, 4.69) is 5.32 Å². The zero-order chi connectivity index (χ0) is 14.7. The van der Waals surface area contributed by atoms with Gasteiger partial charge in [0.2, 0.25) is 0 Å². The monoisotopic (exact) mass is 316 g/mol. The van der Waals surface area contributed by atoms with Crippen LogP contribution in [-0.2, 0) is 11.3 Å². The SMILES string of the molecule is CC1CC(C(=O)O)CCN1C(=O)NCc1ccc(Cl)s1. The fraction of sp³-hybridized carbons (Fsp3) is 0.538. The molecule has 2 amide bonds. The number of carbonyl (C=O) groups excluding carboxylic acids is 1. The first-order valence-corrected chi connectivity index (χ1v) is 7.68. The zero-order valence-electron chi connectivity index (χ0n) is 11.1. The van der Waals surface area contributed by atoms with E-state index in [0.29, 0.717) is 30.3 Å². The lowest BCUT2D eigenvalue weighted by atomic mass is 9.92. The Morgan fingerprint density at radius 3 is 2.85 bits per heavy atom. The highest BCUT2D eigenvalue weighted by atomic mass is 35.5. The van der Waals surface area contributed by atoms with Crippen molar-refractivity contribution in [3.05, 3.63) is 21.3 Å². The van der Waals surface area contributed by atoms with Crippen molar-refractivity contribution in [2.24, 2.45) is 5.92 Å². The van der Waals surface area contributed by atoms with E-state index in [1.54, 1.807) is 11.0 Å². The van der Waals surface area contributed by atoms with E-state index >= 15 is 0 Å². The molecule has 1 aromatic rings. The number of aliphatic carboxylic acids is 1. The minimum atomic E-state index is -0.773. The number of halogens is 1. The van der Waals surface area contributed by atoms with E-state index < -0.39 is 5.97 Å². The molecule has 1 aliphatic rings. The van der Waals surface area contributed by atoms with Crippen LogP contribution < -0.4 is 5.32 Å². The van der Waals surface area contributed by atoms with Crippen LogP contribution in [0.25, 0.3) is 0 Å². The minimum absolute atomic E-state index is 0.0585. The highest BCUT2D eigenvalue weighted by molar-refractivity contribution is 7.16. The molecule has 2 N–H and O–H groups in total. The second kappa shape index (κ2) is 6.45. The number of thiophene rings is 1. The first kappa shape index (κ1) is 15.1. The van der Waals surface area contributed by atoms with Gasteiger partial charge in [0, 0.05) is 17.5 Å². The first-order chi connectivity index (χ1) is 9.47. The molecule has 2 unspecified atom stereocenters. The van der Waals surface area contributed by atoms with Gasteiger partial charge in [0.15, 0.2) is 0 Å². The molecule has 110 valence electrons. The summed E-state index contributed by atoms with van der Waals surface area (Å²) in [6.07, 6.45) is 1.02. The molecule has 2 heterocycles. The predicted molar refractivity (Wildman–Crippen MR) is 78.1 cm³/mol. The van der Waals surface area contributed by atoms with E-state index in [1.165, 1.54) is 11.3 Å². The van der Waals surface area contributed by atoms with Crippen molar-refractivity contribution in [1.29, 1.82) is 0 Å². The Balaban J connectivity index is 1.85. The number of hydrogen-bond donors (Lipinski definition) is 2. The maximum Gasteiger partial charge on any atom is 0.317 e. The summed E-state index contributed by atoms with van der Waals surface area (Å²) in [7, 11) is 0. The molecule has 0 aromatic carbocycles. The van der Waals surface area contributed by atoms with Gasteiger partial charge in [0.25, 0.3) is 0 Å². The molecular formula is C13H17ClN2O3S. The largest absolute Gasteiger partial charge is 0.481 e. The Kier molecular flexibility index (Phi) is 4.88. The molecule has 0 aliphatic carbocycles. The lowest BCUT2D eigenvalue weighted by Gasteiger charge is -2.36. The zero-order valence-corrected chi connectivity index (χ0v) is 12.7. The number of piperidine rings is 1. The summed E-state index contributed by atoms with van der Waals surface area (Å²) in [4.78, 5) is 25.8. The average Bonchev–Trinajstić information content (AvgIpc) is 2.81. The number of rotatable bonds is 3. The number of nitrogens with one attached hydrogen (secondary N) is 1. The van der Waals surface area contributed by atoms with Crippen LogP contribution in [0.3, 0.4) is 0 Å². The van der Waals surface area contributed by atoms with Crippen molar-refractivity contribution in [1.82, 2.24) is 10.2 Å². The number of urea groups is 1. The topological polar surface area (TPSA) is 69.6 Å². The van der Waals surface area contributed by atoms with Gasteiger partial charge in [-0.2, -0.15) is 0 Å². The molecule has 7 heteroatoms. The van der Waals surface area contributed by atoms with Crippen LogP contribution in [0.1, 0.15) is 24.6 Å². The summed E-state index contributed by atoms with van der Waals surface area (Å²) in [5.41, 5.74) is 0. The third-order valence-corrected chi connectivity index (χ3v) is 4.76. The van der Waals surface area contributed by atoms with E-state index in [9.17, 15) is 9.59 Å². The molecule has 1 saturated heterocycles. The number of carboxylic acid groups (broad SMARTS) is 1. The molecule has 2 atom stereocenters. The normalized spacial score (nSPS) is 22.6. The second-order valence-electron chi connectivity index (χ2n) is 4.97. The highest BCUT2D eigenvalue weighted by Crippen LogP contribution is 2.24. The van der Waals surface area contributed by atoms with Crippen LogP contribution in [0.2, 0.25) is 4.34 Å². The lowest BCUT2D eigenvalue weighted by molar-refractivity contribution is -0.143. The van der Waals surface area contributed by atoms with Gasteiger partial charge < -0.3 is 15.3 Å². The Bertz CT molecular complexity index is 506. The first-order valence-electron chi connectivity index (χ1n) is 6.49. The van der Waals surface area contributed by atoms with Crippen molar-refractivity contribution in [3.8, 4) is 0 Å². The van der Waals surface area contributed by atoms with Crippen LogP contribution >= 0.6 is 22.9 Å². The average molecular weight is 317 g/mol. The van der Waals surface area contributed by atoms with Crippen LogP contribution in [0.4, 0.5) is 4.79 Å². The molecule has 5 nitrogen and oxygen atoms in total. The Labute approximate surface area is 126 Å². The Hall–Kier alpha value is -1.27. The van der Waals surface area contributed by atoms with Gasteiger partial charge >= 0.3 is 12.0 Å². The van der Waals surface area contributed by atoms with Gasteiger partial charge in [-0.1, -0.05) is 11.6 Å². The van der Waals surface area contributed by atoms with Crippen molar-refractivity contribution < 1.29 is 14.7 Å². The van der Waals surface area contributed by atoms with E-state index in [4.69, 9.17) is 16.7 Å². The number of nitrogens with zero attached hydrogens (tertiary/aromatic N) is 1. The van der Waals surface area contributed by atoms with Gasteiger partial charge in [-0.3, -0.25) is 4.79 Å². The smallest absolute Gasteiger partial charge is 0.317 e. The fourth-order valence-corrected chi connectivity index (χ4v) is 3.44. The van der Waals surface area contributed by atoms with Gasteiger partial charge in [0.05, 0.1) is 16.8 Å². The standard InChI is InChI=1S/C13H17ClN2O3S/c1-8-6-9(12(17)18)4-5-16(8)13(19)15-7-10-2-3-11(14)20-10/h2-3,8-9H,4-7H2,1H3,(H,15,19)(H,17,18). The van der Waals surface area contributed by atoms with E-state index in [0.717, 1.165) is 4.88 Å². The summed E-state index contributed by atoms with van der Waals surface area (Å²) < 4.78 is 0.699. The van der Waals surface area contributed by atoms with Crippen molar-refractivity contribution in [2.45, 2.75) is 32.4 Å². The maximum atomic E-state index is 12.1. The van der Waals surface area contributed by atoms with Gasteiger partial charge in [-0.25, -0.2) is 4.79 Å². The molecule has 0 spiro atoms. The third kappa shape index (κ3) is 3.64. The molecule has 0 saturated carbocycles. The predicted octanol–water partition coefficient (Wildman–Crippen LogP) is 2.80. The van der Waals surface area contributed by atoms with Crippen LogP contribution in [-0.4, -0.2) is 34.6 Å². The summed E-state index contributed by atoms with van der Waals surface area (Å²) in [5.74, 6) is -1.12. The van der Waals surface area contributed by atoms with Crippen molar-refractivity contribution in [2.75, 3.05) is 6.54 Å². The van der Waals surface area contributed by atoms with Crippen molar-refractivity contribution >= 4 is 34.9 Å². The minimum Gasteiger partial charge on any atom is -0.481 e. The van der Waals surface area contributed by atoms with Gasteiger partial charge in [0.1, 0.15) is 0 Å². The molecule has 2 rings (SSSR count). The van der Waals surface area contributed by atoms with Crippen LogP contribution in [0, 0.1) is 5.92 Å². The fourth-order valence-electron chi connectivity index (χ4n) is 2.41. The number of carbonyl (C=O) groups is 2. The molecule has 0 radical (unpaired) electrons. The number of hydrogen-bond acceptors (Lipinski definition) is 3. The van der Waals surface area contributed by atoms with Crippen molar-refractivity contribution in [3.63, 3.8) is 0 Å². The molecule has 0 bridgehead atoms. The maximum absolute atomic E-state index is 12.1. The van der Waals surface area contributed by atoms with E-state index in [1.807, 2.05) is 13.0 Å². The Morgan fingerprint density at radius 2 is 2.30 bits per heavy atom. The number of carboxylic acids is 1. The van der Waals surface area contributed by atoms with E-state index in [-0.39, 0.29) is 18.0 Å². The van der Waals surface area contributed by atoms with Gasteiger partial charge in [-0.05, 0) is 31.9 Å². The van der Waals surface area contributed by atoms with Crippen LogP contribution in [0.15, 0.2) is 12.1 Å². The third-order valence-electron chi connectivity index (χ3n) is 3.53. The summed E-state index contributed by atoms with van der Waals surface area (Å²) >= 11 is 7.27. The lowest BCUT2D eigenvalue weighted by Crippen LogP contribution is -2.49. The number of amides is 2. The Morgan fingerprint density at radius 1 is 1.55 bits per heavy atom. The van der Waals surface area contributed by atoms with Crippen LogP contribution in [0.5, 0.6) is 0 Å². The molecule has 1 aliphatic heterocycles. The number of likely N-dealkylation sites (tertiary alicyclic amines) is 1. The molecule has 1 fully saturated rings. The highest BCUT2D eigenvalue weighted by Gasteiger charge is 2.32. The molecule has 20 heavy (non-hydrogen) atoms. The van der Waals surface area contributed by atoms with Gasteiger partial charge in [-0.15, -0.1) is 11.3 Å². The molecular weight excluding hydrogens is 300 g/mol.